The van der Waals surface area contributed by atoms with Crippen LogP contribution >= 0.6 is 0 Å². The third-order valence-corrected chi connectivity index (χ3v) is 4.44. The maximum Gasteiger partial charge on any atom is 0.344 e. The molecule has 0 N–H and O–H groups in total. The molecule has 0 aliphatic carbocycles. The smallest absolute Gasteiger partial charge is 0.344 e. The van der Waals surface area contributed by atoms with E-state index in [1.165, 1.54) is 0 Å². The van der Waals surface area contributed by atoms with Crippen LogP contribution in [-0.2, 0) is 14.3 Å². The maximum atomic E-state index is 12.6. The van der Waals surface area contributed by atoms with Gasteiger partial charge in [-0.3, -0.25) is 4.79 Å². The molecular weight excluding hydrogens is 320 g/mol. The Bertz CT molecular complexity index is 640. The average Bonchev–Trinajstić information content (AvgIpc) is 2.60. The van der Waals surface area contributed by atoms with Crippen molar-refractivity contribution in [2.24, 2.45) is 0 Å². The van der Waals surface area contributed by atoms with E-state index in [0.717, 1.165) is 19.3 Å². The van der Waals surface area contributed by atoms with E-state index >= 15 is 0 Å². The number of hydrogen-bond acceptors (Lipinski definition) is 5. The van der Waals surface area contributed by atoms with Crippen LogP contribution in [0.5, 0.6) is 5.75 Å². The van der Waals surface area contributed by atoms with Gasteiger partial charge in [0, 0.05) is 12.1 Å². The molecule has 0 bridgehead atoms. The predicted octanol–water partition coefficient (Wildman–Crippen LogP) is 2.66. The zero-order valence-corrected chi connectivity index (χ0v) is 14.9. The summed E-state index contributed by atoms with van der Waals surface area (Å²) < 4.78 is 10.5. The third-order valence-electron chi connectivity index (χ3n) is 4.44. The topological polar surface area (TPSA) is 79.6 Å². The first-order valence-corrected chi connectivity index (χ1v) is 8.57. The number of esters is 1. The number of carbonyl (C=O) groups is 2. The van der Waals surface area contributed by atoms with Gasteiger partial charge in [-0.2, -0.15) is 5.26 Å². The Balaban J connectivity index is 1.84. The largest absolute Gasteiger partial charge is 0.482 e. The van der Waals surface area contributed by atoms with Crippen molar-refractivity contribution in [1.29, 1.82) is 5.26 Å². The van der Waals surface area contributed by atoms with Crippen LogP contribution in [0.2, 0.25) is 0 Å². The van der Waals surface area contributed by atoms with Crippen molar-refractivity contribution in [2.45, 2.75) is 58.2 Å². The summed E-state index contributed by atoms with van der Waals surface area (Å²) in [6.07, 6.45) is 2.22. The SMILES string of the molecule is C[C@@H]1CCC[C@H](C)N1C(=O)[C@@H](C)OC(=O)COc1ccc(C#N)cc1. The summed E-state index contributed by atoms with van der Waals surface area (Å²) in [6.45, 7) is 5.36. The maximum absolute atomic E-state index is 12.6. The van der Waals surface area contributed by atoms with Gasteiger partial charge in [-0.1, -0.05) is 0 Å². The van der Waals surface area contributed by atoms with Crippen LogP contribution in [-0.4, -0.2) is 41.6 Å². The number of nitrogens with zero attached hydrogens (tertiary/aromatic N) is 2. The van der Waals surface area contributed by atoms with Crippen molar-refractivity contribution >= 4 is 11.9 Å². The van der Waals surface area contributed by atoms with E-state index in [2.05, 4.69) is 0 Å². The van der Waals surface area contributed by atoms with E-state index in [0.29, 0.717) is 11.3 Å². The van der Waals surface area contributed by atoms with E-state index in [9.17, 15) is 9.59 Å². The molecule has 1 aliphatic rings. The Morgan fingerprint density at radius 2 is 1.84 bits per heavy atom. The highest BCUT2D eigenvalue weighted by Gasteiger charge is 2.33. The first-order chi connectivity index (χ1) is 11.9. The molecule has 0 spiro atoms. The molecule has 2 rings (SSSR count). The molecule has 6 nitrogen and oxygen atoms in total. The standard InChI is InChI=1S/C19H24N2O4/c1-13-5-4-6-14(2)21(13)19(23)15(3)25-18(22)12-24-17-9-7-16(11-20)8-10-17/h7-10,13-15H,4-6,12H2,1-3H3/t13-,14+,15-/m1/s1. The highest BCUT2D eigenvalue weighted by atomic mass is 16.6. The Morgan fingerprint density at radius 3 is 2.40 bits per heavy atom. The van der Waals surface area contributed by atoms with Gasteiger partial charge in [0.05, 0.1) is 11.6 Å². The van der Waals surface area contributed by atoms with E-state index in [1.807, 2.05) is 24.8 Å². The first kappa shape index (κ1) is 18.8. The van der Waals surface area contributed by atoms with Crippen LogP contribution in [0.15, 0.2) is 24.3 Å². The average molecular weight is 344 g/mol. The molecule has 1 aliphatic heterocycles. The van der Waals surface area contributed by atoms with Crippen LogP contribution in [0.1, 0.15) is 45.6 Å². The van der Waals surface area contributed by atoms with E-state index in [-0.39, 0.29) is 24.6 Å². The van der Waals surface area contributed by atoms with Gasteiger partial charge < -0.3 is 14.4 Å². The number of hydrogen-bond donors (Lipinski definition) is 0. The molecular formula is C19H24N2O4. The van der Waals surface area contributed by atoms with Crippen LogP contribution in [0, 0.1) is 11.3 Å². The molecule has 1 fully saturated rings. The highest BCUT2D eigenvalue weighted by molar-refractivity contribution is 5.84. The number of nitriles is 1. The van der Waals surface area contributed by atoms with E-state index < -0.39 is 12.1 Å². The van der Waals surface area contributed by atoms with Gasteiger partial charge in [0.15, 0.2) is 12.7 Å². The minimum Gasteiger partial charge on any atom is -0.482 e. The van der Waals surface area contributed by atoms with Gasteiger partial charge >= 0.3 is 5.97 Å². The Hall–Kier alpha value is -2.55. The number of rotatable bonds is 5. The van der Waals surface area contributed by atoms with Gasteiger partial charge in [-0.25, -0.2) is 4.79 Å². The van der Waals surface area contributed by atoms with Crippen molar-refractivity contribution in [1.82, 2.24) is 4.90 Å². The third kappa shape index (κ3) is 4.96. The van der Waals surface area contributed by atoms with Gasteiger partial charge in [0.2, 0.25) is 0 Å². The Labute approximate surface area is 148 Å². The summed E-state index contributed by atoms with van der Waals surface area (Å²) in [7, 11) is 0. The lowest BCUT2D eigenvalue weighted by molar-refractivity contribution is -0.163. The van der Waals surface area contributed by atoms with Gasteiger partial charge in [0.25, 0.3) is 5.91 Å². The van der Waals surface area contributed by atoms with Crippen molar-refractivity contribution in [2.75, 3.05) is 6.61 Å². The number of likely N-dealkylation sites (tertiary alicyclic amines) is 1. The highest BCUT2D eigenvalue weighted by Crippen LogP contribution is 2.23. The first-order valence-electron chi connectivity index (χ1n) is 8.57. The van der Waals surface area contributed by atoms with Crippen LogP contribution < -0.4 is 4.74 Å². The van der Waals surface area contributed by atoms with Crippen LogP contribution in [0.4, 0.5) is 0 Å². The number of benzene rings is 1. The quantitative estimate of drug-likeness (QED) is 0.767. The fourth-order valence-electron chi connectivity index (χ4n) is 3.12. The fraction of sp³-hybridized carbons (Fsp3) is 0.526. The van der Waals surface area contributed by atoms with Crippen molar-refractivity contribution in [3.63, 3.8) is 0 Å². The van der Waals surface area contributed by atoms with Gasteiger partial charge in [0.1, 0.15) is 5.75 Å². The molecule has 1 saturated heterocycles. The Morgan fingerprint density at radius 1 is 1.24 bits per heavy atom. The summed E-state index contributed by atoms with van der Waals surface area (Å²) in [5.41, 5.74) is 0.513. The van der Waals surface area contributed by atoms with Gasteiger partial charge in [-0.15, -0.1) is 0 Å². The molecule has 1 amide bonds. The van der Waals surface area contributed by atoms with Crippen LogP contribution in [0.25, 0.3) is 0 Å². The molecule has 3 atom stereocenters. The Kier molecular flexibility index (Phi) is 6.40. The molecule has 25 heavy (non-hydrogen) atoms. The lowest BCUT2D eigenvalue weighted by Crippen LogP contribution is -2.51. The normalized spacial score (nSPS) is 21.1. The van der Waals surface area contributed by atoms with Crippen LogP contribution in [0.3, 0.4) is 0 Å². The number of carbonyl (C=O) groups excluding carboxylic acids is 2. The second-order valence-electron chi connectivity index (χ2n) is 6.43. The molecule has 1 aromatic rings. The lowest BCUT2D eigenvalue weighted by atomic mass is 9.97. The summed E-state index contributed by atoms with van der Waals surface area (Å²) >= 11 is 0. The van der Waals surface area contributed by atoms with Crippen molar-refractivity contribution < 1.29 is 19.1 Å². The molecule has 134 valence electrons. The minimum atomic E-state index is -0.833. The summed E-state index contributed by atoms with van der Waals surface area (Å²) in [5, 5.41) is 8.74. The molecule has 0 unspecified atom stereocenters. The summed E-state index contributed by atoms with van der Waals surface area (Å²) in [5.74, 6) is -0.290. The zero-order valence-electron chi connectivity index (χ0n) is 14.9. The monoisotopic (exact) mass is 344 g/mol. The number of ether oxygens (including phenoxy) is 2. The molecule has 1 aromatic carbocycles. The van der Waals surface area contributed by atoms with Gasteiger partial charge in [-0.05, 0) is 64.3 Å². The fourth-order valence-corrected chi connectivity index (χ4v) is 3.12. The molecule has 0 aromatic heterocycles. The molecule has 0 radical (unpaired) electrons. The lowest BCUT2D eigenvalue weighted by Gasteiger charge is -2.40. The molecule has 0 saturated carbocycles. The predicted molar refractivity (Wildman–Crippen MR) is 91.8 cm³/mol. The van der Waals surface area contributed by atoms with Crippen molar-refractivity contribution in [3.8, 4) is 11.8 Å². The van der Waals surface area contributed by atoms with E-state index in [4.69, 9.17) is 14.7 Å². The molecule has 1 heterocycles. The van der Waals surface area contributed by atoms with Crippen molar-refractivity contribution in [3.05, 3.63) is 29.8 Å². The zero-order chi connectivity index (χ0) is 18.4. The number of amides is 1. The number of piperidine rings is 1. The molecule has 6 heteroatoms. The second kappa shape index (κ2) is 8.52. The second-order valence-corrected chi connectivity index (χ2v) is 6.43. The minimum absolute atomic E-state index is 0.160. The summed E-state index contributed by atoms with van der Waals surface area (Å²) in [4.78, 5) is 26.3. The van der Waals surface area contributed by atoms with E-state index in [1.54, 1.807) is 31.2 Å². The summed E-state index contributed by atoms with van der Waals surface area (Å²) in [6, 6.07) is 8.75.